The van der Waals surface area contributed by atoms with Gasteiger partial charge < -0.3 is 0 Å². The third-order valence-corrected chi connectivity index (χ3v) is 7.45. The molecule has 0 bridgehead atoms. The van der Waals surface area contributed by atoms with Crippen LogP contribution in [0.25, 0.3) is 55.4 Å². The third-order valence-electron chi connectivity index (χ3n) is 6.30. The molecule has 0 aliphatic carbocycles. The van der Waals surface area contributed by atoms with E-state index in [2.05, 4.69) is 98.6 Å². The summed E-state index contributed by atoms with van der Waals surface area (Å²) in [5.41, 5.74) is 7.57. The Morgan fingerprint density at radius 2 is 0.972 bits per heavy atom. The molecule has 36 heavy (non-hydrogen) atoms. The van der Waals surface area contributed by atoms with Crippen molar-refractivity contribution in [2.24, 2.45) is 0 Å². The molecular weight excluding hydrogens is 574 g/mol. The normalized spacial score (nSPS) is 11.3. The summed E-state index contributed by atoms with van der Waals surface area (Å²) in [6.45, 7) is 0. The number of nitrogens with zero attached hydrogens (tertiary/aromatic N) is 3. The van der Waals surface area contributed by atoms with Gasteiger partial charge in [-0.2, -0.15) is 0 Å². The molecule has 0 amide bonds. The van der Waals surface area contributed by atoms with Gasteiger partial charge in [-0.3, -0.25) is 9.97 Å². The van der Waals surface area contributed by atoms with Crippen LogP contribution in [0, 0.1) is 0 Å². The van der Waals surface area contributed by atoms with Crippen LogP contribution in [0.1, 0.15) is 11.4 Å². The Balaban J connectivity index is 1.68. The average Bonchev–Trinajstić information content (AvgIpc) is 2.95. The number of hydrogen-bond donors (Lipinski definition) is 0. The van der Waals surface area contributed by atoms with Crippen molar-refractivity contribution in [1.29, 1.82) is 0 Å². The van der Waals surface area contributed by atoms with E-state index in [1.807, 2.05) is 36.4 Å². The molecule has 3 nitrogen and oxygen atoms in total. The molecule has 0 fully saturated rings. The van der Waals surface area contributed by atoms with Gasteiger partial charge in [0.2, 0.25) is 0 Å². The molecule has 6 aromatic rings. The van der Waals surface area contributed by atoms with Gasteiger partial charge in [0, 0.05) is 10.7 Å². The molecule has 0 atom stereocenters. The largest absolute Gasteiger partial charge is 0.250 e. The van der Waals surface area contributed by atoms with Crippen LogP contribution in [0.15, 0.2) is 103 Å². The van der Waals surface area contributed by atoms with E-state index in [4.69, 9.17) is 15.0 Å². The molecule has 5 heteroatoms. The van der Waals surface area contributed by atoms with Crippen molar-refractivity contribution in [2.75, 3.05) is 0 Å². The second kappa shape index (κ2) is 9.92. The summed E-state index contributed by atoms with van der Waals surface area (Å²) >= 11 is 7.08. The Morgan fingerprint density at radius 3 is 1.47 bits per heavy atom. The van der Waals surface area contributed by atoms with Crippen LogP contribution in [0.4, 0.5) is 0 Å². The van der Waals surface area contributed by atoms with Gasteiger partial charge in [0.15, 0.2) is 0 Å². The summed E-state index contributed by atoms with van der Waals surface area (Å²) in [7, 11) is 0. The monoisotopic (exact) mass is 593 g/mol. The highest BCUT2D eigenvalue weighted by molar-refractivity contribution is 9.08. The number of alkyl halides is 2. The summed E-state index contributed by atoms with van der Waals surface area (Å²) in [5.74, 6) is 0. The second-order valence-electron chi connectivity index (χ2n) is 8.62. The smallest absolute Gasteiger partial charge is 0.0900 e. The number of hydrogen-bond acceptors (Lipinski definition) is 3. The zero-order chi connectivity index (χ0) is 24.5. The zero-order valence-electron chi connectivity index (χ0n) is 19.3. The van der Waals surface area contributed by atoms with Gasteiger partial charge in [0.05, 0.1) is 34.2 Å². The highest BCUT2D eigenvalue weighted by Crippen LogP contribution is 2.38. The van der Waals surface area contributed by atoms with E-state index in [1.165, 1.54) is 27.1 Å². The van der Waals surface area contributed by atoms with E-state index in [0.29, 0.717) is 10.7 Å². The quantitative estimate of drug-likeness (QED) is 0.148. The van der Waals surface area contributed by atoms with Crippen LogP contribution < -0.4 is 0 Å². The van der Waals surface area contributed by atoms with Gasteiger partial charge in [-0.05, 0) is 75.1 Å². The van der Waals surface area contributed by atoms with Gasteiger partial charge in [0.25, 0.3) is 0 Å². The van der Waals surface area contributed by atoms with Gasteiger partial charge in [-0.1, -0.05) is 92.5 Å². The summed E-state index contributed by atoms with van der Waals surface area (Å²) in [6, 6.07) is 35.9. The minimum atomic E-state index is 0.691. The Kier molecular flexibility index (Phi) is 6.34. The van der Waals surface area contributed by atoms with Gasteiger partial charge in [-0.25, -0.2) is 4.98 Å². The predicted octanol–water partition coefficient (Wildman–Crippen LogP) is 8.97. The summed E-state index contributed by atoms with van der Waals surface area (Å²) in [4.78, 5) is 14.8. The molecule has 0 radical (unpaired) electrons. The predicted molar refractivity (Wildman–Crippen MR) is 156 cm³/mol. The molecule has 6 rings (SSSR count). The molecule has 0 unspecified atom stereocenters. The zero-order valence-corrected chi connectivity index (χ0v) is 22.5. The number of aromatic nitrogens is 3. The van der Waals surface area contributed by atoms with E-state index in [9.17, 15) is 0 Å². The average molecular weight is 595 g/mol. The number of benzene rings is 3. The van der Waals surface area contributed by atoms with Crippen LogP contribution in [-0.2, 0) is 10.7 Å². The summed E-state index contributed by atoms with van der Waals surface area (Å²) < 4.78 is 0. The Labute approximate surface area is 226 Å². The van der Waals surface area contributed by atoms with Crippen LogP contribution in [0.3, 0.4) is 0 Å². The van der Waals surface area contributed by atoms with Crippen LogP contribution in [0.2, 0.25) is 0 Å². The Morgan fingerprint density at radius 1 is 0.472 bits per heavy atom. The summed E-state index contributed by atoms with van der Waals surface area (Å²) in [5, 5.41) is 6.23. The molecule has 3 aromatic heterocycles. The first-order chi connectivity index (χ1) is 17.7. The highest BCUT2D eigenvalue weighted by atomic mass is 79.9. The lowest BCUT2D eigenvalue weighted by atomic mass is 9.91. The molecular formula is C31H21Br2N3. The lowest BCUT2D eigenvalue weighted by molar-refractivity contribution is 1.15. The molecule has 0 spiro atoms. The third kappa shape index (κ3) is 4.34. The lowest BCUT2D eigenvalue weighted by Crippen LogP contribution is -1.97. The number of fused-ring (bicyclic) bond motifs is 2. The fraction of sp³-hybridized carbons (Fsp3) is 0.0645. The maximum Gasteiger partial charge on any atom is 0.0900 e. The van der Waals surface area contributed by atoms with Crippen LogP contribution in [0.5, 0.6) is 0 Å². The molecule has 3 heterocycles. The number of rotatable bonds is 5. The first-order valence-corrected chi connectivity index (χ1v) is 14.0. The van der Waals surface area contributed by atoms with E-state index in [1.54, 1.807) is 0 Å². The molecule has 0 aliphatic rings. The van der Waals surface area contributed by atoms with E-state index < -0.39 is 0 Å². The van der Waals surface area contributed by atoms with E-state index in [0.717, 1.165) is 39.7 Å². The van der Waals surface area contributed by atoms with E-state index in [-0.39, 0.29) is 0 Å². The van der Waals surface area contributed by atoms with Crippen LogP contribution in [-0.4, -0.2) is 15.0 Å². The van der Waals surface area contributed by atoms with Crippen molar-refractivity contribution < 1.29 is 0 Å². The van der Waals surface area contributed by atoms with Crippen molar-refractivity contribution in [1.82, 2.24) is 15.0 Å². The van der Waals surface area contributed by atoms with Crippen molar-refractivity contribution >= 4 is 53.4 Å². The Bertz CT molecular complexity index is 1610. The lowest BCUT2D eigenvalue weighted by Gasteiger charge is -2.15. The molecule has 174 valence electrons. The Hall–Kier alpha value is -3.41. The van der Waals surface area contributed by atoms with Crippen molar-refractivity contribution in [3.05, 3.63) is 115 Å². The maximum absolute atomic E-state index is 5.05. The maximum atomic E-state index is 5.05. The van der Waals surface area contributed by atoms with Crippen molar-refractivity contribution in [3.8, 4) is 33.9 Å². The molecule has 3 aromatic carbocycles. The fourth-order valence-corrected chi connectivity index (χ4v) is 5.28. The molecule has 0 saturated heterocycles. The minimum absolute atomic E-state index is 0.691. The first kappa shape index (κ1) is 23.0. The van der Waals surface area contributed by atoms with Crippen molar-refractivity contribution in [3.63, 3.8) is 0 Å². The fourth-order valence-electron chi connectivity index (χ4n) is 4.66. The topological polar surface area (TPSA) is 38.7 Å². The van der Waals surface area contributed by atoms with Gasteiger partial charge in [0.1, 0.15) is 0 Å². The number of halogens is 2. The van der Waals surface area contributed by atoms with E-state index >= 15 is 0 Å². The summed E-state index contributed by atoms with van der Waals surface area (Å²) in [6.07, 6.45) is 0. The second-order valence-corrected chi connectivity index (χ2v) is 9.74. The molecule has 0 saturated carbocycles. The minimum Gasteiger partial charge on any atom is -0.250 e. The SMILES string of the molecule is BrCc1cccc(-c2cc(-c3c4ccccc4cc4ccccc34)cc(-c3cccc(CBr)n3)n2)n1. The van der Waals surface area contributed by atoms with Gasteiger partial charge >= 0.3 is 0 Å². The molecule has 0 aliphatic heterocycles. The number of pyridine rings is 3. The molecule has 0 N–H and O–H groups in total. The van der Waals surface area contributed by atoms with Gasteiger partial charge in [-0.15, -0.1) is 0 Å². The first-order valence-electron chi connectivity index (χ1n) is 11.7. The standard InChI is InChI=1S/C31H21Br2N3/c32-18-23-9-5-13-27(34-23)29-16-22(17-30(36-29)28-14-6-10-24(19-33)35-28)31-25-11-3-1-7-20(25)15-21-8-2-4-12-26(21)31/h1-17H,18-19H2. The van der Waals surface area contributed by atoms with Crippen LogP contribution >= 0.6 is 31.9 Å². The highest BCUT2D eigenvalue weighted by Gasteiger charge is 2.15. The van der Waals surface area contributed by atoms with Crippen molar-refractivity contribution in [2.45, 2.75) is 10.7 Å².